The van der Waals surface area contributed by atoms with Gasteiger partial charge < -0.3 is 14.6 Å². The highest BCUT2D eigenvalue weighted by atomic mass is 16.5. The van der Waals surface area contributed by atoms with Gasteiger partial charge in [-0.05, 0) is 33.6 Å². The van der Waals surface area contributed by atoms with Crippen LogP contribution in [0, 0.1) is 5.41 Å². The van der Waals surface area contributed by atoms with Crippen molar-refractivity contribution in [3.8, 4) is 0 Å². The number of hydrogen-bond donors (Lipinski definition) is 1. The summed E-state index contributed by atoms with van der Waals surface area (Å²) in [5.74, 6) is -1.37. The second-order valence-electron chi connectivity index (χ2n) is 4.83. The molecule has 0 fully saturated rings. The van der Waals surface area contributed by atoms with E-state index in [1.54, 1.807) is 20.8 Å². The summed E-state index contributed by atoms with van der Waals surface area (Å²) in [5, 5.41) is 9.14. The third-order valence-corrected chi connectivity index (χ3v) is 2.74. The number of esters is 1. The van der Waals surface area contributed by atoms with E-state index in [2.05, 4.69) is 6.58 Å². The molecule has 0 rings (SSSR count). The zero-order valence-electron chi connectivity index (χ0n) is 11.5. The Hall–Kier alpha value is -1.36. The van der Waals surface area contributed by atoms with E-state index < -0.39 is 17.4 Å². The third kappa shape index (κ3) is 5.31. The first-order chi connectivity index (χ1) is 8.23. The fourth-order valence-electron chi connectivity index (χ4n) is 1.42. The molecule has 0 bridgehead atoms. The summed E-state index contributed by atoms with van der Waals surface area (Å²) in [6.45, 7) is 8.53. The molecule has 18 heavy (non-hydrogen) atoms. The lowest BCUT2D eigenvalue weighted by Gasteiger charge is -2.25. The number of ether oxygens (including phenoxy) is 2. The van der Waals surface area contributed by atoms with E-state index in [-0.39, 0.29) is 12.7 Å². The van der Waals surface area contributed by atoms with E-state index >= 15 is 0 Å². The summed E-state index contributed by atoms with van der Waals surface area (Å²) >= 11 is 0. The maximum atomic E-state index is 11.3. The standard InChI is InChI=1S/C13H22O5/c1-9(2)11(14)18-10(3)6-7-13(4,8-17-5)12(15)16/h10H,1,6-8H2,2-5H3,(H,15,16). The first kappa shape index (κ1) is 16.6. The van der Waals surface area contributed by atoms with Crippen molar-refractivity contribution in [1.82, 2.24) is 0 Å². The van der Waals surface area contributed by atoms with Crippen molar-refractivity contribution in [2.75, 3.05) is 13.7 Å². The van der Waals surface area contributed by atoms with Crippen molar-refractivity contribution in [3.05, 3.63) is 12.2 Å². The Morgan fingerprint density at radius 1 is 1.44 bits per heavy atom. The number of methoxy groups -OCH3 is 1. The highest BCUT2D eigenvalue weighted by Crippen LogP contribution is 2.25. The van der Waals surface area contributed by atoms with Crippen LogP contribution in [0.15, 0.2) is 12.2 Å². The van der Waals surface area contributed by atoms with Crippen LogP contribution in [0.3, 0.4) is 0 Å². The number of carboxylic acids is 1. The summed E-state index contributed by atoms with van der Waals surface area (Å²) < 4.78 is 10.0. The van der Waals surface area contributed by atoms with Crippen LogP contribution < -0.4 is 0 Å². The lowest BCUT2D eigenvalue weighted by Crippen LogP contribution is -2.33. The Balaban J connectivity index is 4.32. The van der Waals surface area contributed by atoms with Crippen LogP contribution >= 0.6 is 0 Å². The van der Waals surface area contributed by atoms with E-state index in [1.807, 2.05) is 0 Å². The molecule has 2 atom stereocenters. The molecule has 0 aromatic heterocycles. The van der Waals surface area contributed by atoms with E-state index in [0.717, 1.165) is 0 Å². The lowest BCUT2D eigenvalue weighted by atomic mass is 9.85. The minimum atomic E-state index is -0.960. The number of hydrogen-bond acceptors (Lipinski definition) is 4. The molecule has 0 aliphatic carbocycles. The molecule has 0 saturated heterocycles. The summed E-state index contributed by atoms with van der Waals surface area (Å²) in [6, 6.07) is 0. The molecule has 0 heterocycles. The average Bonchev–Trinajstić information content (AvgIpc) is 2.26. The Bertz CT molecular complexity index is 323. The predicted octanol–water partition coefficient (Wildman–Crippen LogP) is 2.01. The predicted molar refractivity (Wildman–Crippen MR) is 67.2 cm³/mol. The highest BCUT2D eigenvalue weighted by molar-refractivity contribution is 5.87. The number of carboxylic acid groups (broad SMARTS) is 1. The van der Waals surface area contributed by atoms with Gasteiger partial charge in [0, 0.05) is 12.7 Å². The summed E-state index contributed by atoms with van der Waals surface area (Å²) in [5.41, 5.74) is -0.627. The molecular formula is C13H22O5. The molecule has 5 heteroatoms. The summed E-state index contributed by atoms with van der Waals surface area (Å²) in [7, 11) is 1.46. The van der Waals surface area contributed by atoms with Crippen molar-refractivity contribution < 1.29 is 24.2 Å². The Labute approximate surface area is 108 Å². The molecule has 0 amide bonds. The monoisotopic (exact) mass is 258 g/mol. The van der Waals surface area contributed by atoms with Crippen LogP contribution in [0.25, 0.3) is 0 Å². The van der Waals surface area contributed by atoms with Gasteiger partial charge in [0.2, 0.25) is 0 Å². The topological polar surface area (TPSA) is 72.8 Å². The maximum absolute atomic E-state index is 11.3. The van der Waals surface area contributed by atoms with Gasteiger partial charge in [-0.1, -0.05) is 6.58 Å². The van der Waals surface area contributed by atoms with Gasteiger partial charge in [-0.3, -0.25) is 4.79 Å². The van der Waals surface area contributed by atoms with Crippen LogP contribution in [0.4, 0.5) is 0 Å². The van der Waals surface area contributed by atoms with Crippen LogP contribution in [-0.4, -0.2) is 36.9 Å². The van der Waals surface area contributed by atoms with Gasteiger partial charge in [-0.15, -0.1) is 0 Å². The number of rotatable bonds is 8. The van der Waals surface area contributed by atoms with E-state index in [1.165, 1.54) is 7.11 Å². The normalized spacial score (nSPS) is 15.6. The molecule has 0 aromatic rings. The van der Waals surface area contributed by atoms with Crippen LogP contribution in [0.5, 0.6) is 0 Å². The quantitative estimate of drug-likeness (QED) is 0.532. The Kier molecular flexibility index (Phi) is 6.62. The van der Waals surface area contributed by atoms with Gasteiger partial charge >= 0.3 is 11.9 Å². The smallest absolute Gasteiger partial charge is 0.333 e. The molecule has 2 unspecified atom stereocenters. The van der Waals surface area contributed by atoms with Gasteiger partial charge in [-0.25, -0.2) is 4.79 Å². The van der Waals surface area contributed by atoms with Crippen LogP contribution in [-0.2, 0) is 19.1 Å². The molecular weight excluding hydrogens is 236 g/mol. The molecule has 0 spiro atoms. The second kappa shape index (κ2) is 7.16. The van der Waals surface area contributed by atoms with Gasteiger partial charge in [0.05, 0.1) is 18.1 Å². The first-order valence-corrected chi connectivity index (χ1v) is 5.81. The maximum Gasteiger partial charge on any atom is 0.333 e. The van der Waals surface area contributed by atoms with Crippen LogP contribution in [0.1, 0.15) is 33.6 Å². The molecule has 104 valence electrons. The Morgan fingerprint density at radius 2 is 2.00 bits per heavy atom. The molecule has 1 N–H and O–H groups in total. The molecule has 5 nitrogen and oxygen atoms in total. The van der Waals surface area contributed by atoms with Crippen molar-refractivity contribution >= 4 is 11.9 Å². The van der Waals surface area contributed by atoms with Crippen molar-refractivity contribution in [1.29, 1.82) is 0 Å². The van der Waals surface area contributed by atoms with Crippen molar-refractivity contribution in [2.45, 2.75) is 39.7 Å². The van der Waals surface area contributed by atoms with E-state index in [9.17, 15) is 9.59 Å². The zero-order valence-corrected chi connectivity index (χ0v) is 11.5. The fourth-order valence-corrected chi connectivity index (χ4v) is 1.42. The number of carbonyl (C=O) groups is 2. The molecule has 0 radical (unpaired) electrons. The van der Waals surface area contributed by atoms with Crippen LogP contribution in [0.2, 0.25) is 0 Å². The molecule has 0 aliphatic heterocycles. The number of aliphatic carboxylic acids is 1. The Morgan fingerprint density at radius 3 is 2.39 bits per heavy atom. The van der Waals surface area contributed by atoms with Gasteiger partial charge in [0.25, 0.3) is 0 Å². The molecule has 0 aromatic carbocycles. The minimum absolute atomic E-state index is 0.128. The van der Waals surface area contributed by atoms with Gasteiger partial charge in [0.15, 0.2) is 0 Å². The number of carbonyl (C=O) groups excluding carboxylic acids is 1. The highest BCUT2D eigenvalue weighted by Gasteiger charge is 2.33. The summed E-state index contributed by atoms with van der Waals surface area (Å²) in [6.07, 6.45) is 0.496. The molecule has 0 saturated carbocycles. The first-order valence-electron chi connectivity index (χ1n) is 5.81. The SMILES string of the molecule is C=C(C)C(=O)OC(C)CCC(C)(COC)C(=O)O. The van der Waals surface area contributed by atoms with E-state index in [0.29, 0.717) is 18.4 Å². The van der Waals surface area contributed by atoms with Crippen molar-refractivity contribution in [3.63, 3.8) is 0 Å². The van der Waals surface area contributed by atoms with E-state index in [4.69, 9.17) is 14.6 Å². The molecule has 0 aliphatic rings. The lowest BCUT2D eigenvalue weighted by molar-refractivity contribution is -0.152. The minimum Gasteiger partial charge on any atom is -0.481 e. The van der Waals surface area contributed by atoms with Gasteiger partial charge in [-0.2, -0.15) is 0 Å². The zero-order chi connectivity index (χ0) is 14.3. The fraction of sp³-hybridized carbons (Fsp3) is 0.692. The third-order valence-electron chi connectivity index (χ3n) is 2.74. The largest absolute Gasteiger partial charge is 0.481 e. The van der Waals surface area contributed by atoms with Gasteiger partial charge in [0.1, 0.15) is 0 Å². The second-order valence-corrected chi connectivity index (χ2v) is 4.83. The average molecular weight is 258 g/mol. The van der Waals surface area contributed by atoms with Crippen molar-refractivity contribution in [2.24, 2.45) is 5.41 Å². The summed E-state index contributed by atoms with van der Waals surface area (Å²) in [4.78, 5) is 22.4.